The first-order chi connectivity index (χ1) is 9.13. The average Bonchev–Trinajstić information content (AvgIpc) is 2.44. The quantitative estimate of drug-likeness (QED) is 0.866. The van der Waals surface area contributed by atoms with E-state index >= 15 is 0 Å². The molecule has 1 aliphatic rings. The lowest BCUT2D eigenvalue weighted by Gasteiger charge is -2.38. The predicted octanol–water partition coefficient (Wildman–Crippen LogP) is 1.86. The largest absolute Gasteiger partial charge is 0.314 e. The molecule has 1 heterocycles. The minimum absolute atomic E-state index is 0.401. The van der Waals surface area contributed by atoms with Crippen LogP contribution < -0.4 is 10.6 Å². The molecule has 1 aromatic rings. The van der Waals surface area contributed by atoms with Crippen molar-refractivity contribution >= 4 is 0 Å². The molecule has 1 aromatic carbocycles. The van der Waals surface area contributed by atoms with Crippen molar-refractivity contribution in [3.63, 3.8) is 0 Å². The van der Waals surface area contributed by atoms with Crippen LogP contribution >= 0.6 is 0 Å². The maximum Gasteiger partial charge on any atom is 0.0475 e. The monoisotopic (exact) mass is 261 g/mol. The van der Waals surface area contributed by atoms with Crippen molar-refractivity contribution in [1.82, 2.24) is 15.5 Å². The van der Waals surface area contributed by atoms with Crippen LogP contribution in [0.25, 0.3) is 0 Å². The Balaban J connectivity index is 2.20. The number of nitrogens with one attached hydrogen (secondary N) is 2. The van der Waals surface area contributed by atoms with E-state index in [0.717, 1.165) is 26.2 Å². The van der Waals surface area contributed by atoms with E-state index in [-0.39, 0.29) is 0 Å². The summed E-state index contributed by atoms with van der Waals surface area (Å²) in [6.45, 7) is 11.2. The summed E-state index contributed by atoms with van der Waals surface area (Å²) in [6, 6.07) is 7.68. The molecule has 1 saturated heterocycles. The minimum atomic E-state index is 0.401. The minimum Gasteiger partial charge on any atom is -0.314 e. The van der Waals surface area contributed by atoms with Crippen molar-refractivity contribution in [1.29, 1.82) is 0 Å². The highest BCUT2D eigenvalue weighted by Crippen LogP contribution is 2.25. The van der Waals surface area contributed by atoms with Gasteiger partial charge in [-0.3, -0.25) is 4.90 Å². The summed E-state index contributed by atoms with van der Waals surface area (Å²) in [5, 5.41) is 6.95. The number of likely N-dealkylation sites (N-methyl/N-ethyl adjacent to an activating group) is 1. The summed E-state index contributed by atoms with van der Waals surface area (Å²) in [5.74, 6) is 0. The molecule has 106 valence electrons. The van der Waals surface area contributed by atoms with Crippen molar-refractivity contribution in [3.05, 3.63) is 34.9 Å². The summed E-state index contributed by atoms with van der Waals surface area (Å²) >= 11 is 0. The molecular weight excluding hydrogens is 234 g/mol. The topological polar surface area (TPSA) is 27.3 Å². The van der Waals surface area contributed by atoms with Gasteiger partial charge in [0, 0.05) is 38.3 Å². The number of hydrogen-bond acceptors (Lipinski definition) is 3. The van der Waals surface area contributed by atoms with E-state index in [9.17, 15) is 0 Å². The molecule has 19 heavy (non-hydrogen) atoms. The van der Waals surface area contributed by atoms with Crippen LogP contribution in [0.4, 0.5) is 0 Å². The number of rotatable bonds is 4. The van der Waals surface area contributed by atoms with Gasteiger partial charge in [-0.25, -0.2) is 0 Å². The molecule has 3 nitrogen and oxygen atoms in total. The van der Waals surface area contributed by atoms with Gasteiger partial charge in [0.2, 0.25) is 0 Å². The van der Waals surface area contributed by atoms with Gasteiger partial charge >= 0.3 is 0 Å². The predicted molar refractivity (Wildman–Crippen MR) is 81.6 cm³/mol. The summed E-state index contributed by atoms with van der Waals surface area (Å²) < 4.78 is 0. The molecule has 2 unspecified atom stereocenters. The Labute approximate surface area is 117 Å². The van der Waals surface area contributed by atoms with Gasteiger partial charge in [0.1, 0.15) is 0 Å². The number of aryl methyl sites for hydroxylation is 2. The first-order valence-electron chi connectivity index (χ1n) is 7.32. The molecule has 0 amide bonds. The molecule has 2 rings (SSSR count). The van der Waals surface area contributed by atoms with Crippen LogP contribution in [-0.4, -0.2) is 44.2 Å². The highest BCUT2D eigenvalue weighted by atomic mass is 15.2. The molecule has 0 radical (unpaired) electrons. The Morgan fingerprint density at radius 3 is 2.53 bits per heavy atom. The molecule has 0 spiro atoms. The number of benzene rings is 1. The lowest BCUT2D eigenvalue weighted by molar-refractivity contribution is 0.153. The van der Waals surface area contributed by atoms with Crippen molar-refractivity contribution in [2.75, 3.05) is 33.2 Å². The number of nitrogens with zero attached hydrogens (tertiary/aromatic N) is 1. The molecule has 1 fully saturated rings. The van der Waals surface area contributed by atoms with Crippen molar-refractivity contribution in [3.8, 4) is 0 Å². The van der Waals surface area contributed by atoms with Gasteiger partial charge in [-0.05, 0) is 38.9 Å². The van der Waals surface area contributed by atoms with E-state index in [4.69, 9.17) is 0 Å². The first-order valence-corrected chi connectivity index (χ1v) is 7.32. The van der Waals surface area contributed by atoms with Gasteiger partial charge in [-0.2, -0.15) is 0 Å². The fourth-order valence-corrected chi connectivity index (χ4v) is 3.05. The van der Waals surface area contributed by atoms with Crippen LogP contribution in [0.2, 0.25) is 0 Å². The summed E-state index contributed by atoms with van der Waals surface area (Å²) in [7, 11) is 2.07. The van der Waals surface area contributed by atoms with E-state index in [1.807, 2.05) is 0 Å². The Bertz CT molecular complexity index is 410. The van der Waals surface area contributed by atoms with Gasteiger partial charge in [-0.15, -0.1) is 0 Å². The molecule has 1 aliphatic heterocycles. The lowest BCUT2D eigenvalue weighted by Crippen LogP contribution is -2.51. The van der Waals surface area contributed by atoms with E-state index in [0.29, 0.717) is 12.1 Å². The van der Waals surface area contributed by atoms with Crippen LogP contribution in [0.3, 0.4) is 0 Å². The summed E-state index contributed by atoms with van der Waals surface area (Å²) in [4.78, 5) is 2.58. The van der Waals surface area contributed by atoms with Gasteiger partial charge in [0.15, 0.2) is 0 Å². The smallest absolute Gasteiger partial charge is 0.0475 e. The van der Waals surface area contributed by atoms with Crippen LogP contribution in [0.5, 0.6) is 0 Å². The van der Waals surface area contributed by atoms with Gasteiger partial charge in [0.25, 0.3) is 0 Å². The zero-order valence-electron chi connectivity index (χ0n) is 12.7. The fraction of sp³-hybridized carbons (Fsp3) is 0.625. The SMILES string of the molecule is CNC(c1cc(C)ccc1C)C(C)N1CCNCC1. The highest BCUT2D eigenvalue weighted by Gasteiger charge is 2.25. The number of hydrogen-bond donors (Lipinski definition) is 2. The van der Waals surface area contributed by atoms with Crippen molar-refractivity contribution < 1.29 is 0 Å². The Morgan fingerprint density at radius 1 is 1.21 bits per heavy atom. The zero-order chi connectivity index (χ0) is 13.8. The molecule has 0 bridgehead atoms. The molecule has 0 saturated carbocycles. The summed E-state index contributed by atoms with van der Waals surface area (Å²) in [6.07, 6.45) is 0. The Morgan fingerprint density at radius 2 is 1.89 bits per heavy atom. The van der Waals surface area contributed by atoms with E-state index in [1.54, 1.807) is 0 Å². The van der Waals surface area contributed by atoms with E-state index < -0.39 is 0 Å². The normalized spacial score (nSPS) is 20.2. The maximum atomic E-state index is 3.52. The maximum absolute atomic E-state index is 3.52. The van der Waals surface area contributed by atoms with Gasteiger partial charge in [-0.1, -0.05) is 23.8 Å². The Hall–Kier alpha value is -0.900. The van der Waals surface area contributed by atoms with E-state index in [2.05, 4.69) is 61.6 Å². The fourth-order valence-electron chi connectivity index (χ4n) is 3.05. The average molecular weight is 261 g/mol. The second-order valence-electron chi connectivity index (χ2n) is 5.65. The highest BCUT2D eigenvalue weighted by molar-refractivity contribution is 5.33. The summed E-state index contributed by atoms with van der Waals surface area (Å²) in [5.41, 5.74) is 4.16. The molecule has 0 aliphatic carbocycles. The molecule has 0 aromatic heterocycles. The molecule has 2 atom stereocenters. The van der Waals surface area contributed by atoms with Crippen LogP contribution in [0, 0.1) is 13.8 Å². The van der Waals surface area contributed by atoms with Crippen molar-refractivity contribution in [2.45, 2.75) is 32.9 Å². The molecular formula is C16H27N3. The van der Waals surface area contributed by atoms with Crippen molar-refractivity contribution in [2.24, 2.45) is 0 Å². The Kier molecular flexibility index (Phi) is 4.97. The third kappa shape index (κ3) is 3.35. The third-order valence-electron chi connectivity index (χ3n) is 4.29. The van der Waals surface area contributed by atoms with E-state index in [1.165, 1.54) is 16.7 Å². The van der Waals surface area contributed by atoms with Gasteiger partial charge < -0.3 is 10.6 Å². The zero-order valence-corrected chi connectivity index (χ0v) is 12.7. The third-order valence-corrected chi connectivity index (χ3v) is 4.29. The van der Waals surface area contributed by atoms with Crippen LogP contribution in [0.1, 0.15) is 29.7 Å². The van der Waals surface area contributed by atoms with Gasteiger partial charge in [0.05, 0.1) is 0 Å². The molecule has 3 heteroatoms. The van der Waals surface area contributed by atoms with Crippen LogP contribution in [-0.2, 0) is 0 Å². The number of piperazine rings is 1. The standard InChI is InChI=1S/C16H27N3/c1-12-5-6-13(2)15(11-12)16(17-4)14(3)19-9-7-18-8-10-19/h5-6,11,14,16-18H,7-10H2,1-4H3. The van der Waals surface area contributed by atoms with Crippen LogP contribution in [0.15, 0.2) is 18.2 Å². The lowest BCUT2D eigenvalue weighted by atomic mass is 9.93. The second-order valence-corrected chi connectivity index (χ2v) is 5.65. The molecule has 2 N–H and O–H groups in total. The first kappa shape index (κ1) is 14.5. The second kappa shape index (κ2) is 6.51.